The van der Waals surface area contributed by atoms with E-state index in [-0.39, 0.29) is 5.69 Å². The van der Waals surface area contributed by atoms with Gasteiger partial charge in [-0.1, -0.05) is 12.1 Å². The van der Waals surface area contributed by atoms with E-state index >= 15 is 0 Å². The van der Waals surface area contributed by atoms with Crippen molar-refractivity contribution in [3.63, 3.8) is 0 Å². The van der Waals surface area contributed by atoms with Crippen LogP contribution in [0.4, 0.5) is 5.69 Å². The Kier molecular flexibility index (Phi) is 4.20. The summed E-state index contributed by atoms with van der Waals surface area (Å²) in [5.74, 6) is 0. The van der Waals surface area contributed by atoms with Gasteiger partial charge in [0.25, 0.3) is 5.69 Å². The first kappa shape index (κ1) is 13.6. The normalized spacial score (nSPS) is 10.9. The molecule has 6 nitrogen and oxygen atoms in total. The molecule has 1 heterocycles. The maximum absolute atomic E-state index is 11.0. The van der Waals surface area contributed by atoms with Crippen molar-refractivity contribution in [1.82, 2.24) is 4.98 Å². The zero-order valence-corrected chi connectivity index (χ0v) is 11.2. The molecular weight excluding hydrogens is 268 g/mol. The number of rotatable bonds is 5. The van der Waals surface area contributed by atoms with E-state index in [2.05, 4.69) is 4.98 Å². The Morgan fingerprint density at radius 1 is 1.32 bits per heavy atom. The predicted molar refractivity (Wildman–Crippen MR) is 71.0 cm³/mol. The highest BCUT2D eigenvalue weighted by atomic mass is 32.1. The third-order valence-electron chi connectivity index (χ3n) is 2.52. The zero-order valence-electron chi connectivity index (χ0n) is 10.4. The molecule has 1 aromatic carbocycles. The number of aromatic nitrogens is 1. The summed E-state index contributed by atoms with van der Waals surface area (Å²) < 4.78 is 10.2. The molecule has 0 unspecified atom stereocenters. The van der Waals surface area contributed by atoms with Gasteiger partial charge in [-0.2, -0.15) is 0 Å². The summed E-state index contributed by atoms with van der Waals surface area (Å²) in [6, 6.07) is 6.51. The highest BCUT2D eigenvalue weighted by molar-refractivity contribution is 7.13. The molecule has 0 aliphatic rings. The molecule has 0 saturated heterocycles. The lowest BCUT2D eigenvalue weighted by Gasteiger charge is -2.09. The second-order valence-corrected chi connectivity index (χ2v) is 4.51. The topological polar surface area (TPSA) is 74.5 Å². The van der Waals surface area contributed by atoms with Crippen LogP contribution in [0.5, 0.6) is 0 Å². The van der Waals surface area contributed by atoms with Crippen LogP contribution in [0.3, 0.4) is 0 Å². The first-order valence-electron chi connectivity index (χ1n) is 5.42. The largest absolute Gasteiger partial charge is 0.350 e. The van der Waals surface area contributed by atoms with E-state index in [1.54, 1.807) is 23.6 Å². The van der Waals surface area contributed by atoms with E-state index in [9.17, 15) is 10.1 Å². The number of benzene rings is 1. The van der Waals surface area contributed by atoms with Gasteiger partial charge >= 0.3 is 0 Å². The van der Waals surface area contributed by atoms with Crippen LogP contribution in [-0.2, 0) is 9.47 Å². The summed E-state index contributed by atoms with van der Waals surface area (Å²) >= 11 is 1.32. The van der Waals surface area contributed by atoms with E-state index in [0.717, 1.165) is 0 Å². The molecule has 19 heavy (non-hydrogen) atoms. The third kappa shape index (κ3) is 2.78. The SMILES string of the molecule is COC(OC)c1csc(-c2ccccc2[N+](=O)[O-])n1. The molecule has 7 heteroatoms. The van der Waals surface area contributed by atoms with Crippen LogP contribution in [0.2, 0.25) is 0 Å². The number of thiazole rings is 1. The molecular formula is C12H12N2O4S. The molecule has 0 spiro atoms. The Hall–Kier alpha value is -1.83. The van der Waals surface area contributed by atoms with Gasteiger partial charge in [0, 0.05) is 25.7 Å². The molecule has 0 radical (unpaired) electrons. The molecule has 0 N–H and O–H groups in total. The smallest absolute Gasteiger partial charge is 0.279 e. The van der Waals surface area contributed by atoms with Gasteiger partial charge in [0.2, 0.25) is 6.29 Å². The van der Waals surface area contributed by atoms with Crippen molar-refractivity contribution in [2.45, 2.75) is 6.29 Å². The van der Waals surface area contributed by atoms with Crippen molar-refractivity contribution in [3.8, 4) is 10.6 Å². The van der Waals surface area contributed by atoms with E-state index in [1.165, 1.54) is 31.6 Å². The van der Waals surface area contributed by atoms with Crippen molar-refractivity contribution in [1.29, 1.82) is 0 Å². The minimum atomic E-state index is -0.562. The van der Waals surface area contributed by atoms with Crippen LogP contribution >= 0.6 is 11.3 Å². The lowest BCUT2D eigenvalue weighted by molar-refractivity contribution is -0.384. The van der Waals surface area contributed by atoms with Crippen LogP contribution in [0.1, 0.15) is 12.0 Å². The summed E-state index contributed by atoms with van der Waals surface area (Å²) in [4.78, 5) is 14.9. The van der Waals surface area contributed by atoms with Crippen LogP contribution in [0, 0.1) is 10.1 Å². The average Bonchev–Trinajstić information content (AvgIpc) is 2.89. The van der Waals surface area contributed by atoms with Gasteiger partial charge in [-0.3, -0.25) is 10.1 Å². The molecule has 0 atom stereocenters. The predicted octanol–water partition coefficient (Wildman–Crippen LogP) is 3.01. The Morgan fingerprint density at radius 2 is 2.00 bits per heavy atom. The molecule has 0 aliphatic carbocycles. The maximum Gasteiger partial charge on any atom is 0.279 e. The number of hydrogen-bond donors (Lipinski definition) is 0. The monoisotopic (exact) mass is 280 g/mol. The van der Waals surface area contributed by atoms with Gasteiger partial charge in [0.15, 0.2) is 0 Å². The number of ether oxygens (including phenoxy) is 2. The van der Waals surface area contributed by atoms with Crippen molar-refractivity contribution < 1.29 is 14.4 Å². The third-order valence-corrected chi connectivity index (χ3v) is 3.42. The quantitative estimate of drug-likeness (QED) is 0.478. The number of methoxy groups -OCH3 is 2. The van der Waals surface area contributed by atoms with Crippen molar-refractivity contribution in [2.24, 2.45) is 0 Å². The molecule has 0 aliphatic heterocycles. The average molecular weight is 280 g/mol. The van der Waals surface area contributed by atoms with Crippen molar-refractivity contribution in [3.05, 3.63) is 45.5 Å². The second kappa shape index (κ2) is 5.87. The summed E-state index contributed by atoms with van der Waals surface area (Å²) in [6.45, 7) is 0. The summed E-state index contributed by atoms with van der Waals surface area (Å²) in [5, 5.41) is 13.3. The Balaban J connectivity index is 2.41. The molecule has 2 rings (SSSR count). The standard InChI is InChI=1S/C12H12N2O4S/c1-17-12(18-2)9-7-19-11(13-9)8-5-3-4-6-10(8)14(15)16/h3-7,12H,1-2H3. The van der Waals surface area contributed by atoms with Gasteiger partial charge in [-0.15, -0.1) is 11.3 Å². The van der Waals surface area contributed by atoms with Crippen LogP contribution in [0.25, 0.3) is 10.6 Å². The highest BCUT2D eigenvalue weighted by Gasteiger charge is 2.19. The lowest BCUT2D eigenvalue weighted by Crippen LogP contribution is -2.03. The van der Waals surface area contributed by atoms with E-state index in [4.69, 9.17) is 9.47 Å². The minimum Gasteiger partial charge on any atom is -0.350 e. The fraction of sp³-hybridized carbons (Fsp3) is 0.250. The molecule has 2 aromatic rings. The van der Waals surface area contributed by atoms with Crippen molar-refractivity contribution >= 4 is 17.0 Å². The van der Waals surface area contributed by atoms with E-state index in [1.807, 2.05) is 0 Å². The Morgan fingerprint density at radius 3 is 2.63 bits per heavy atom. The highest BCUT2D eigenvalue weighted by Crippen LogP contribution is 2.33. The second-order valence-electron chi connectivity index (χ2n) is 3.66. The van der Waals surface area contributed by atoms with Gasteiger partial charge in [-0.05, 0) is 6.07 Å². The fourth-order valence-electron chi connectivity index (χ4n) is 1.67. The molecule has 0 saturated carbocycles. The minimum absolute atomic E-state index is 0.0368. The number of nitrogens with zero attached hydrogens (tertiary/aromatic N) is 2. The Labute approximate surface area is 113 Å². The number of nitro benzene ring substituents is 1. The zero-order chi connectivity index (χ0) is 13.8. The summed E-state index contributed by atoms with van der Waals surface area (Å²) in [7, 11) is 3.02. The molecule has 100 valence electrons. The van der Waals surface area contributed by atoms with Crippen molar-refractivity contribution in [2.75, 3.05) is 14.2 Å². The molecule has 0 amide bonds. The molecule has 0 bridgehead atoms. The van der Waals surface area contributed by atoms with Crippen LogP contribution < -0.4 is 0 Å². The number of para-hydroxylation sites is 1. The summed E-state index contributed by atoms with van der Waals surface area (Å²) in [5.41, 5.74) is 1.13. The summed E-state index contributed by atoms with van der Waals surface area (Å²) in [6.07, 6.45) is -0.562. The first-order chi connectivity index (χ1) is 9.17. The number of nitro groups is 1. The van der Waals surface area contributed by atoms with Crippen LogP contribution in [-0.4, -0.2) is 24.1 Å². The van der Waals surface area contributed by atoms with Gasteiger partial charge in [0.05, 0.1) is 10.5 Å². The van der Waals surface area contributed by atoms with Gasteiger partial charge in [-0.25, -0.2) is 4.98 Å². The maximum atomic E-state index is 11.0. The number of hydrogen-bond acceptors (Lipinski definition) is 6. The lowest BCUT2D eigenvalue weighted by atomic mass is 10.2. The van der Waals surface area contributed by atoms with Gasteiger partial charge in [0.1, 0.15) is 10.7 Å². The van der Waals surface area contributed by atoms with Crippen LogP contribution in [0.15, 0.2) is 29.6 Å². The first-order valence-corrected chi connectivity index (χ1v) is 6.30. The van der Waals surface area contributed by atoms with Gasteiger partial charge < -0.3 is 9.47 Å². The fourth-order valence-corrected chi connectivity index (χ4v) is 2.52. The van der Waals surface area contributed by atoms with E-state index in [0.29, 0.717) is 16.3 Å². The molecule has 0 fully saturated rings. The Bertz CT molecular complexity index is 581. The molecule has 1 aromatic heterocycles. The van der Waals surface area contributed by atoms with E-state index < -0.39 is 11.2 Å².